The van der Waals surface area contributed by atoms with Crippen LogP contribution in [-0.4, -0.2) is 58.7 Å². The van der Waals surface area contributed by atoms with Gasteiger partial charge < -0.3 is 15.4 Å². The molecule has 200 valence electrons. The largest absolute Gasteiger partial charge is 0.444 e. The number of allylic oxidation sites excluding steroid dienone is 1. The van der Waals surface area contributed by atoms with Crippen LogP contribution in [0.3, 0.4) is 0 Å². The van der Waals surface area contributed by atoms with E-state index in [0.717, 1.165) is 40.5 Å². The number of benzene rings is 1. The molecule has 3 heterocycles. The van der Waals surface area contributed by atoms with Gasteiger partial charge in [0.25, 0.3) is 5.91 Å². The third-order valence-corrected chi connectivity index (χ3v) is 7.70. The number of hydrogen-bond donors (Lipinski definition) is 3. The number of ether oxygens (including phenoxy) is 1. The van der Waals surface area contributed by atoms with E-state index in [4.69, 9.17) is 27.1 Å². The summed E-state index contributed by atoms with van der Waals surface area (Å²) in [5.74, 6) is 0.466. The van der Waals surface area contributed by atoms with Gasteiger partial charge in [-0.2, -0.15) is 4.99 Å². The first-order chi connectivity index (χ1) is 17.5. The van der Waals surface area contributed by atoms with Gasteiger partial charge in [-0.3, -0.25) is 15.2 Å². The van der Waals surface area contributed by atoms with Gasteiger partial charge in [0.2, 0.25) is 11.9 Å². The van der Waals surface area contributed by atoms with Crippen LogP contribution < -0.4 is 16.1 Å². The van der Waals surface area contributed by atoms with Gasteiger partial charge >= 0.3 is 6.09 Å². The molecule has 4 rings (SSSR count). The maximum Gasteiger partial charge on any atom is 0.410 e. The van der Waals surface area contributed by atoms with Crippen molar-refractivity contribution in [3.8, 4) is 0 Å². The average molecular weight is 548 g/mol. The summed E-state index contributed by atoms with van der Waals surface area (Å²) in [5, 5.41) is 3.24. The number of rotatable bonds is 6. The van der Waals surface area contributed by atoms with E-state index in [1.807, 2.05) is 64.5 Å². The number of fused-ring (bicyclic) bond motifs is 1. The molecule has 11 heteroatoms. The van der Waals surface area contributed by atoms with E-state index in [2.05, 4.69) is 5.43 Å². The van der Waals surface area contributed by atoms with Gasteiger partial charge in [0.1, 0.15) is 11.8 Å². The quantitative estimate of drug-likeness (QED) is 0.502. The summed E-state index contributed by atoms with van der Waals surface area (Å²) >= 11 is 8.30. The second-order valence-electron chi connectivity index (χ2n) is 10.4. The molecule has 0 saturated carbocycles. The van der Waals surface area contributed by atoms with Crippen LogP contribution in [0, 0.1) is 0 Å². The van der Waals surface area contributed by atoms with Gasteiger partial charge in [0.05, 0.1) is 22.6 Å². The minimum absolute atomic E-state index is 0.264. The lowest BCUT2D eigenvalue weighted by Gasteiger charge is -2.35. The van der Waals surface area contributed by atoms with Crippen molar-refractivity contribution < 1.29 is 19.2 Å². The summed E-state index contributed by atoms with van der Waals surface area (Å²) < 4.78 is 5.51. The van der Waals surface area contributed by atoms with Gasteiger partial charge in [-0.25, -0.2) is 9.69 Å². The van der Waals surface area contributed by atoms with Crippen LogP contribution in [0.5, 0.6) is 0 Å². The van der Waals surface area contributed by atoms with Gasteiger partial charge in [-0.05, 0) is 69.9 Å². The molecule has 0 aliphatic carbocycles. The maximum absolute atomic E-state index is 12.5. The maximum atomic E-state index is 12.5. The molecule has 1 fully saturated rings. The molecule has 0 radical (unpaired) electrons. The van der Waals surface area contributed by atoms with Gasteiger partial charge in [-0.1, -0.05) is 36.4 Å². The fourth-order valence-corrected chi connectivity index (χ4v) is 5.58. The van der Waals surface area contributed by atoms with Crippen molar-refractivity contribution in [2.45, 2.75) is 64.5 Å². The normalized spacial score (nSPS) is 22.2. The lowest BCUT2D eigenvalue weighted by Crippen LogP contribution is -3.10. The predicted octanol–water partition coefficient (Wildman–Crippen LogP) is 3.66. The van der Waals surface area contributed by atoms with Crippen molar-refractivity contribution in [1.29, 1.82) is 0 Å². The highest BCUT2D eigenvalue weighted by Crippen LogP contribution is 2.33. The SMILES string of the molecule is CCC1=C[NH+]2C(SC)=CN(Nc3ccc(C4CCN(C(=O)OC(C)(C)C)CC4)cc3Cl)C(C(N)=O)C2=N1. The number of anilines is 1. The monoisotopic (exact) mass is 547 g/mol. The molecule has 2 unspecified atom stereocenters. The molecule has 9 nitrogen and oxygen atoms in total. The number of hydrogen-bond acceptors (Lipinski definition) is 7. The molecule has 0 bridgehead atoms. The molecular weight excluding hydrogens is 512 g/mol. The standard InChI is InChI=1S/C26H35ClN6O3S/c1-6-18-14-32-21(37-5)15-33(22(23(28)34)24(32)29-18)30-20-8-7-17(13-19(20)27)16-9-11-31(12-10-16)25(35)36-26(2,3)4/h7-8,13-16,22,30H,6,9-12H2,1-5H3,(H2,28,34)/p+1. The van der Waals surface area contributed by atoms with Crippen LogP contribution in [0.25, 0.3) is 0 Å². The van der Waals surface area contributed by atoms with Crippen LogP contribution in [0.2, 0.25) is 5.02 Å². The van der Waals surface area contributed by atoms with Crippen molar-refractivity contribution >= 4 is 46.9 Å². The van der Waals surface area contributed by atoms with Crippen molar-refractivity contribution in [3.05, 3.63) is 51.9 Å². The number of nitrogens with two attached hydrogens (primary N) is 1. The summed E-state index contributed by atoms with van der Waals surface area (Å²) in [6.07, 6.45) is 8.10. The Hall–Kier alpha value is -2.69. The number of piperidine rings is 1. The zero-order valence-corrected chi connectivity index (χ0v) is 23.6. The van der Waals surface area contributed by atoms with Crippen molar-refractivity contribution in [3.63, 3.8) is 0 Å². The van der Waals surface area contributed by atoms with Gasteiger partial charge in [-0.15, -0.1) is 0 Å². The molecule has 2 atom stereocenters. The summed E-state index contributed by atoms with van der Waals surface area (Å²) in [6.45, 7) is 8.94. The Morgan fingerprint density at radius 3 is 2.57 bits per heavy atom. The number of amides is 2. The topological polar surface area (TPSA) is 105 Å². The Balaban J connectivity index is 1.47. The molecule has 3 aliphatic heterocycles. The predicted molar refractivity (Wildman–Crippen MR) is 148 cm³/mol. The number of aliphatic imine (C=N–C) groups is 1. The van der Waals surface area contributed by atoms with Crippen LogP contribution in [-0.2, 0) is 9.53 Å². The molecule has 4 N–H and O–H groups in total. The lowest BCUT2D eigenvalue weighted by molar-refractivity contribution is -0.692. The van der Waals surface area contributed by atoms with Crippen LogP contribution in [0.1, 0.15) is 58.4 Å². The first-order valence-electron chi connectivity index (χ1n) is 12.5. The molecule has 2 amide bonds. The Labute approximate surface area is 227 Å². The molecule has 1 saturated heterocycles. The van der Waals surface area contributed by atoms with Crippen molar-refractivity contribution in [2.75, 3.05) is 24.8 Å². The van der Waals surface area contributed by atoms with Gasteiger partial charge in [0.15, 0.2) is 5.03 Å². The number of likely N-dealkylation sites (tertiary alicyclic amines) is 1. The number of thioether (sulfide) groups is 1. The highest BCUT2D eigenvalue weighted by Gasteiger charge is 2.44. The Bertz CT molecular complexity index is 1150. The van der Waals surface area contributed by atoms with Crippen LogP contribution in [0.15, 0.2) is 46.3 Å². The lowest BCUT2D eigenvalue weighted by atomic mass is 9.89. The van der Waals surface area contributed by atoms with E-state index in [1.165, 1.54) is 0 Å². The van der Waals surface area contributed by atoms with Crippen molar-refractivity contribution in [2.24, 2.45) is 10.7 Å². The Kier molecular flexibility index (Phi) is 8.11. The molecule has 1 aromatic rings. The number of hydrazine groups is 1. The number of nitrogens with zero attached hydrogens (tertiary/aromatic N) is 3. The highest BCUT2D eigenvalue weighted by molar-refractivity contribution is 8.02. The molecule has 0 aromatic heterocycles. The second-order valence-corrected chi connectivity index (χ2v) is 11.7. The number of carbonyl (C=O) groups excluding carboxylic acids is 2. The zero-order valence-electron chi connectivity index (χ0n) is 22.0. The van der Waals surface area contributed by atoms with Gasteiger partial charge in [0, 0.05) is 13.1 Å². The molecule has 3 aliphatic rings. The third-order valence-electron chi connectivity index (χ3n) is 6.62. The minimum Gasteiger partial charge on any atom is -0.444 e. The van der Waals surface area contributed by atoms with E-state index in [0.29, 0.717) is 35.6 Å². The molecular formula is C26H36ClN6O3S+. The smallest absolute Gasteiger partial charge is 0.410 e. The van der Waals surface area contributed by atoms with Crippen LogP contribution >= 0.6 is 23.4 Å². The highest BCUT2D eigenvalue weighted by atomic mass is 35.5. The van der Waals surface area contributed by atoms with Crippen molar-refractivity contribution in [1.82, 2.24) is 9.91 Å². The van der Waals surface area contributed by atoms with E-state index < -0.39 is 17.6 Å². The second kappa shape index (κ2) is 11.0. The van der Waals surface area contributed by atoms with E-state index >= 15 is 0 Å². The number of quaternary nitrogens is 1. The Morgan fingerprint density at radius 1 is 1.30 bits per heavy atom. The third kappa shape index (κ3) is 6.08. The zero-order chi connectivity index (χ0) is 26.9. The summed E-state index contributed by atoms with van der Waals surface area (Å²) in [7, 11) is 0. The Morgan fingerprint density at radius 2 is 2.00 bits per heavy atom. The van der Waals surface area contributed by atoms with E-state index in [1.54, 1.807) is 21.7 Å². The summed E-state index contributed by atoms with van der Waals surface area (Å²) in [5.41, 5.74) is 11.3. The number of halogens is 1. The van der Waals surface area contributed by atoms with E-state index in [9.17, 15) is 9.59 Å². The fourth-order valence-electron chi connectivity index (χ4n) is 4.75. The number of carbonyl (C=O) groups is 2. The average Bonchev–Trinajstić information content (AvgIpc) is 3.27. The summed E-state index contributed by atoms with van der Waals surface area (Å²) in [4.78, 5) is 32.3. The first-order valence-corrected chi connectivity index (χ1v) is 14.1. The number of primary amides is 1. The van der Waals surface area contributed by atoms with E-state index in [-0.39, 0.29) is 6.09 Å². The number of amidine groups is 1. The minimum atomic E-state index is -0.751. The van der Waals surface area contributed by atoms with Crippen LogP contribution in [0.4, 0.5) is 10.5 Å². The summed E-state index contributed by atoms with van der Waals surface area (Å²) in [6, 6.07) is 5.18. The fraction of sp³-hybridized carbons (Fsp3) is 0.500. The first kappa shape index (κ1) is 27.3. The number of nitrogens with one attached hydrogen (secondary N) is 2. The molecule has 1 aromatic carbocycles. The molecule has 0 spiro atoms. The molecule has 37 heavy (non-hydrogen) atoms.